The van der Waals surface area contributed by atoms with Gasteiger partial charge in [-0.1, -0.05) is 30.3 Å². The number of nitrogens with zero attached hydrogens (tertiary/aromatic N) is 1. The van der Waals surface area contributed by atoms with E-state index in [-0.39, 0.29) is 18.0 Å². The van der Waals surface area contributed by atoms with E-state index in [1.54, 1.807) is 25.3 Å². The highest BCUT2D eigenvalue weighted by atomic mass is 16.5. The molecule has 3 rings (SSSR count). The minimum Gasteiger partial charge on any atom is -0.494 e. The highest BCUT2D eigenvalue weighted by molar-refractivity contribution is 6.44. The third kappa shape index (κ3) is 5.05. The van der Waals surface area contributed by atoms with Crippen LogP contribution in [0.3, 0.4) is 0 Å². The Morgan fingerprint density at radius 3 is 2.53 bits per heavy atom. The summed E-state index contributed by atoms with van der Waals surface area (Å²) >= 11 is 0. The molecule has 0 aliphatic heterocycles. The van der Waals surface area contributed by atoms with Crippen LogP contribution in [0.5, 0.6) is 5.75 Å². The molecule has 30 heavy (non-hydrogen) atoms. The van der Waals surface area contributed by atoms with Gasteiger partial charge < -0.3 is 19.8 Å². The first kappa shape index (κ1) is 21.1. The van der Waals surface area contributed by atoms with Crippen LogP contribution in [0.2, 0.25) is 0 Å². The van der Waals surface area contributed by atoms with Gasteiger partial charge in [0.25, 0.3) is 11.7 Å². The van der Waals surface area contributed by atoms with Crippen LogP contribution in [-0.4, -0.2) is 35.4 Å². The number of benzene rings is 2. The second kappa shape index (κ2) is 9.73. The molecule has 3 aromatic rings. The molecule has 7 nitrogen and oxygen atoms in total. The number of ether oxygens (including phenoxy) is 2. The molecule has 0 saturated carbocycles. The first-order chi connectivity index (χ1) is 14.5. The maximum Gasteiger partial charge on any atom is 0.305 e. The number of ketones is 1. The Kier molecular flexibility index (Phi) is 6.85. The van der Waals surface area contributed by atoms with Crippen LogP contribution in [0.1, 0.15) is 35.7 Å². The monoisotopic (exact) mass is 408 g/mol. The summed E-state index contributed by atoms with van der Waals surface area (Å²) in [7, 11) is 0. The molecule has 0 aliphatic rings. The molecule has 156 valence electrons. The van der Waals surface area contributed by atoms with Crippen LogP contribution in [-0.2, 0) is 20.9 Å². The lowest BCUT2D eigenvalue weighted by molar-refractivity contribution is -0.143. The number of fused-ring (bicyclic) bond motifs is 1. The number of primary amides is 1. The minimum absolute atomic E-state index is 0.241. The number of hydrogen-bond acceptors (Lipinski definition) is 5. The molecule has 0 unspecified atom stereocenters. The number of nitrogens with two attached hydrogens (primary N) is 1. The van der Waals surface area contributed by atoms with Gasteiger partial charge >= 0.3 is 5.97 Å². The molecule has 1 heterocycles. The fraction of sp³-hybridized carbons (Fsp3) is 0.261. The van der Waals surface area contributed by atoms with Crippen molar-refractivity contribution in [3.05, 3.63) is 65.9 Å². The van der Waals surface area contributed by atoms with Crippen LogP contribution in [0, 0.1) is 0 Å². The van der Waals surface area contributed by atoms with E-state index >= 15 is 0 Å². The van der Waals surface area contributed by atoms with E-state index in [1.807, 2.05) is 41.0 Å². The number of aromatic nitrogens is 1. The van der Waals surface area contributed by atoms with E-state index in [2.05, 4.69) is 0 Å². The highest BCUT2D eigenvalue weighted by Crippen LogP contribution is 2.27. The van der Waals surface area contributed by atoms with Gasteiger partial charge in [-0.25, -0.2) is 0 Å². The first-order valence-electron chi connectivity index (χ1n) is 9.79. The van der Waals surface area contributed by atoms with Gasteiger partial charge in [0.1, 0.15) is 5.75 Å². The largest absolute Gasteiger partial charge is 0.494 e. The molecule has 7 heteroatoms. The molecule has 0 spiro atoms. The third-order valence-electron chi connectivity index (χ3n) is 4.62. The normalized spacial score (nSPS) is 10.7. The van der Waals surface area contributed by atoms with Crippen molar-refractivity contribution < 1.29 is 23.9 Å². The van der Waals surface area contributed by atoms with Crippen molar-refractivity contribution in [1.29, 1.82) is 0 Å². The third-order valence-corrected chi connectivity index (χ3v) is 4.62. The number of Topliss-reactive ketones (excluding diaryl/α,β-unsaturated/α-hetero) is 1. The zero-order valence-corrected chi connectivity index (χ0v) is 16.8. The Hall–Kier alpha value is -3.61. The quantitative estimate of drug-likeness (QED) is 0.240. The summed E-state index contributed by atoms with van der Waals surface area (Å²) in [5.41, 5.74) is 7.33. The highest BCUT2D eigenvalue weighted by Gasteiger charge is 2.20. The fourth-order valence-corrected chi connectivity index (χ4v) is 3.23. The van der Waals surface area contributed by atoms with Gasteiger partial charge in [0, 0.05) is 30.1 Å². The van der Waals surface area contributed by atoms with Crippen molar-refractivity contribution in [3.8, 4) is 5.75 Å². The SMILES string of the molecule is CCOC(=O)CCCOc1ccc2c(c1)c(C(=O)C(N)=O)cn2Cc1ccccc1. The van der Waals surface area contributed by atoms with Gasteiger partial charge in [-0.2, -0.15) is 0 Å². The second-order valence-corrected chi connectivity index (χ2v) is 6.79. The summed E-state index contributed by atoms with van der Waals surface area (Å²) in [5, 5.41) is 0.595. The Morgan fingerprint density at radius 2 is 1.83 bits per heavy atom. The topological polar surface area (TPSA) is 101 Å². The molecule has 0 fully saturated rings. The predicted molar refractivity (Wildman–Crippen MR) is 112 cm³/mol. The molecule has 0 atom stereocenters. The number of carbonyl (C=O) groups excluding carboxylic acids is 3. The molecular weight excluding hydrogens is 384 g/mol. The molecular formula is C23H24N2O5. The Balaban J connectivity index is 1.83. The number of carbonyl (C=O) groups is 3. The van der Waals surface area contributed by atoms with Gasteiger partial charge in [-0.3, -0.25) is 14.4 Å². The van der Waals surface area contributed by atoms with E-state index < -0.39 is 11.7 Å². The molecule has 0 bridgehead atoms. The first-order valence-corrected chi connectivity index (χ1v) is 9.79. The summed E-state index contributed by atoms with van der Waals surface area (Å²) in [5.74, 6) is -1.47. The van der Waals surface area contributed by atoms with E-state index in [1.165, 1.54) is 0 Å². The average Bonchev–Trinajstić information content (AvgIpc) is 3.09. The van der Waals surface area contributed by atoms with E-state index in [9.17, 15) is 14.4 Å². The van der Waals surface area contributed by atoms with Gasteiger partial charge in [0.2, 0.25) is 0 Å². The molecule has 0 aliphatic carbocycles. The van der Waals surface area contributed by atoms with E-state index in [0.29, 0.717) is 37.3 Å². The molecule has 0 saturated heterocycles. The summed E-state index contributed by atoms with van der Waals surface area (Å²) in [6.45, 7) is 2.99. The maximum absolute atomic E-state index is 12.4. The van der Waals surface area contributed by atoms with Crippen molar-refractivity contribution in [3.63, 3.8) is 0 Å². The average molecular weight is 408 g/mol. The van der Waals surface area contributed by atoms with Crippen LogP contribution in [0.15, 0.2) is 54.7 Å². The van der Waals surface area contributed by atoms with Crippen molar-refractivity contribution in [2.24, 2.45) is 5.73 Å². The second-order valence-electron chi connectivity index (χ2n) is 6.79. The maximum atomic E-state index is 12.4. The smallest absolute Gasteiger partial charge is 0.305 e. The molecule has 1 amide bonds. The molecule has 0 radical (unpaired) electrons. The van der Waals surface area contributed by atoms with E-state index in [4.69, 9.17) is 15.2 Å². The number of esters is 1. The van der Waals surface area contributed by atoms with Crippen LogP contribution >= 0.6 is 0 Å². The van der Waals surface area contributed by atoms with Crippen molar-refractivity contribution in [1.82, 2.24) is 4.57 Å². The van der Waals surface area contributed by atoms with E-state index in [0.717, 1.165) is 11.1 Å². The predicted octanol–water partition coefficient (Wildman–Crippen LogP) is 3.08. The summed E-state index contributed by atoms with van der Waals surface area (Å²) in [6.07, 6.45) is 2.43. The summed E-state index contributed by atoms with van der Waals surface area (Å²) in [6, 6.07) is 15.2. The van der Waals surface area contributed by atoms with Crippen molar-refractivity contribution in [2.75, 3.05) is 13.2 Å². The molecule has 1 aromatic heterocycles. The Bertz CT molecular complexity index is 1060. The zero-order chi connectivity index (χ0) is 21.5. The number of hydrogen-bond donors (Lipinski definition) is 1. The van der Waals surface area contributed by atoms with Crippen LogP contribution in [0.25, 0.3) is 10.9 Å². The summed E-state index contributed by atoms with van der Waals surface area (Å²) in [4.78, 5) is 35.3. The Labute approximate surface area is 174 Å². The minimum atomic E-state index is -1.01. The summed E-state index contributed by atoms with van der Waals surface area (Å²) < 4.78 is 12.5. The number of amides is 1. The zero-order valence-electron chi connectivity index (χ0n) is 16.8. The molecule has 2 N–H and O–H groups in total. The number of rotatable bonds is 10. The van der Waals surface area contributed by atoms with Gasteiger partial charge in [-0.15, -0.1) is 0 Å². The van der Waals surface area contributed by atoms with Crippen molar-refractivity contribution >= 4 is 28.6 Å². The van der Waals surface area contributed by atoms with Gasteiger partial charge in [-0.05, 0) is 37.1 Å². The lowest BCUT2D eigenvalue weighted by Gasteiger charge is -2.08. The van der Waals surface area contributed by atoms with Crippen LogP contribution in [0.4, 0.5) is 0 Å². The standard InChI is InChI=1S/C23H24N2O5/c1-2-29-21(26)9-6-12-30-17-10-11-20-18(13-17)19(22(27)23(24)28)15-25(20)14-16-7-4-3-5-8-16/h3-5,7-8,10-11,13,15H,2,6,9,12,14H2,1H3,(H2,24,28). The van der Waals surface area contributed by atoms with Crippen molar-refractivity contribution in [2.45, 2.75) is 26.3 Å². The lowest BCUT2D eigenvalue weighted by atomic mass is 10.1. The molecule has 2 aromatic carbocycles. The fourth-order valence-electron chi connectivity index (χ4n) is 3.23. The van der Waals surface area contributed by atoms with Gasteiger partial charge in [0.05, 0.1) is 18.8 Å². The van der Waals surface area contributed by atoms with Crippen LogP contribution < -0.4 is 10.5 Å². The van der Waals surface area contributed by atoms with Gasteiger partial charge in [0.15, 0.2) is 0 Å². The lowest BCUT2D eigenvalue weighted by Crippen LogP contribution is -2.22. The Morgan fingerprint density at radius 1 is 1.07 bits per heavy atom.